The van der Waals surface area contributed by atoms with E-state index in [0.29, 0.717) is 24.5 Å². The molecule has 6 nitrogen and oxygen atoms in total. The predicted octanol–water partition coefficient (Wildman–Crippen LogP) is 2.42. The van der Waals surface area contributed by atoms with Crippen molar-refractivity contribution >= 4 is 17.5 Å². The average molecular weight is 344 g/mol. The Balaban J connectivity index is 1.43. The summed E-state index contributed by atoms with van der Waals surface area (Å²) in [4.78, 5) is 28.9. The number of anilines is 1. The molecule has 2 fully saturated rings. The van der Waals surface area contributed by atoms with Crippen molar-refractivity contribution in [2.75, 3.05) is 31.3 Å². The van der Waals surface area contributed by atoms with Gasteiger partial charge in [-0.3, -0.25) is 9.59 Å². The van der Waals surface area contributed by atoms with Gasteiger partial charge in [-0.15, -0.1) is 0 Å². The van der Waals surface area contributed by atoms with Crippen molar-refractivity contribution in [3.8, 4) is 11.5 Å². The lowest BCUT2D eigenvalue weighted by atomic mass is 9.93. The lowest BCUT2D eigenvalue weighted by Crippen LogP contribution is -2.42. The van der Waals surface area contributed by atoms with Crippen molar-refractivity contribution in [3.63, 3.8) is 0 Å². The lowest BCUT2D eigenvalue weighted by molar-refractivity contribution is -0.137. The number of rotatable bonds is 3. The number of carbonyl (C=O) groups excluding carboxylic acids is 2. The molecular weight excluding hydrogens is 320 g/mol. The van der Waals surface area contributed by atoms with Crippen molar-refractivity contribution in [1.82, 2.24) is 4.90 Å². The second-order valence-corrected chi connectivity index (χ2v) is 7.12. The average Bonchev–Trinajstić information content (AvgIpc) is 3.26. The number of likely N-dealkylation sites (tertiary alicyclic amines) is 1. The highest BCUT2D eigenvalue weighted by Crippen LogP contribution is 2.37. The van der Waals surface area contributed by atoms with Crippen LogP contribution in [0.15, 0.2) is 18.2 Å². The van der Waals surface area contributed by atoms with Gasteiger partial charge in [0.25, 0.3) is 0 Å². The largest absolute Gasteiger partial charge is 0.454 e. The summed E-state index contributed by atoms with van der Waals surface area (Å²) >= 11 is 0. The van der Waals surface area contributed by atoms with E-state index in [2.05, 4.69) is 6.92 Å². The van der Waals surface area contributed by atoms with Crippen LogP contribution in [0, 0.1) is 11.8 Å². The zero-order chi connectivity index (χ0) is 17.4. The van der Waals surface area contributed by atoms with Crippen molar-refractivity contribution in [1.29, 1.82) is 0 Å². The van der Waals surface area contributed by atoms with E-state index in [1.165, 1.54) is 6.42 Å². The fraction of sp³-hybridized carbons (Fsp3) is 0.579. The number of amides is 2. The van der Waals surface area contributed by atoms with Crippen LogP contribution in [0.4, 0.5) is 5.69 Å². The summed E-state index contributed by atoms with van der Waals surface area (Å²) in [7, 11) is 0. The molecule has 0 aliphatic carbocycles. The minimum Gasteiger partial charge on any atom is -0.454 e. The van der Waals surface area contributed by atoms with Crippen LogP contribution in [-0.2, 0) is 9.59 Å². The van der Waals surface area contributed by atoms with Crippen molar-refractivity contribution in [3.05, 3.63) is 18.2 Å². The Morgan fingerprint density at radius 1 is 1.20 bits per heavy atom. The van der Waals surface area contributed by atoms with Gasteiger partial charge in [-0.1, -0.05) is 13.3 Å². The molecule has 2 amide bonds. The monoisotopic (exact) mass is 344 g/mol. The minimum absolute atomic E-state index is 0.000611. The summed E-state index contributed by atoms with van der Waals surface area (Å²) < 4.78 is 10.7. The Hall–Kier alpha value is -2.24. The van der Waals surface area contributed by atoms with E-state index < -0.39 is 0 Å². The highest BCUT2D eigenvalue weighted by Gasteiger charge is 2.38. The first-order valence-corrected chi connectivity index (χ1v) is 9.14. The van der Waals surface area contributed by atoms with Crippen LogP contribution in [0.2, 0.25) is 0 Å². The van der Waals surface area contributed by atoms with Gasteiger partial charge in [-0.05, 0) is 30.9 Å². The molecule has 0 unspecified atom stereocenters. The van der Waals surface area contributed by atoms with Crippen LogP contribution in [0.1, 0.15) is 32.6 Å². The van der Waals surface area contributed by atoms with Crippen LogP contribution in [0.5, 0.6) is 11.5 Å². The molecule has 1 aromatic rings. The van der Waals surface area contributed by atoms with Gasteiger partial charge in [0.1, 0.15) is 0 Å². The van der Waals surface area contributed by atoms with Gasteiger partial charge in [-0.25, -0.2) is 0 Å². The second kappa shape index (κ2) is 6.58. The summed E-state index contributed by atoms with van der Waals surface area (Å²) in [5.41, 5.74) is 0.772. The van der Waals surface area contributed by atoms with E-state index in [9.17, 15) is 9.59 Å². The number of nitrogens with zero attached hydrogens (tertiary/aromatic N) is 2. The molecule has 25 heavy (non-hydrogen) atoms. The van der Waals surface area contributed by atoms with Gasteiger partial charge >= 0.3 is 0 Å². The summed E-state index contributed by atoms with van der Waals surface area (Å²) in [6.45, 7) is 4.52. The molecule has 3 heterocycles. The van der Waals surface area contributed by atoms with Crippen molar-refractivity contribution in [2.45, 2.75) is 32.6 Å². The molecular formula is C19H24N2O4. The zero-order valence-corrected chi connectivity index (χ0v) is 14.6. The molecule has 3 aliphatic rings. The Morgan fingerprint density at radius 2 is 1.96 bits per heavy atom. The van der Waals surface area contributed by atoms with E-state index in [-0.39, 0.29) is 24.5 Å². The van der Waals surface area contributed by atoms with Gasteiger partial charge in [-0.2, -0.15) is 0 Å². The Labute approximate surface area is 147 Å². The maximum Gasteiger partial charge on any atom is 0.231 e. The number of ether oxygens (including phenoxy) is 2. The summed E-state index contributed by atoms with van der Waals surface area (Å²) in [5, 5.41) is 0. The summed E-state index contributed by atoms with van der Waals surface area (Å²) in [6, 6.07) is 5.49. The Kier molecular flexibility index (Phi) is 4.27. The first kappa shape index (κ1) is 16.2. The number of fused-ring (bicyclic) bond motifs is 1. The summed E-state index contributed by atoms with van der Waals surface area (Å²) in [5.74, 6) is 1.98. The van der Waals surface area contributed by atoms with E-state index in [4.69, 9.17) is 9.47 Å². The number of benzene rings is 1. The van der Waals surface area contributed by atoms with E-state index in [1.807, 2.05) is 23.1 Å². The molecule has 0 radical (unpaired) electrons. The number of hydrogen-bond donors (Lipinski definition) is 0. The van der Waals surface area contributed by atoms with Gasteiger partial charge < -0.3 is 19.3 Å². The third-order valence-corrected chi connectivity index (χ3v) is 5.65. The highest BCUT2D eigenvalue weighted by molar-refractivity contribution is 6.00. The quantitative estimate of drug-likeness (QED) is 0.845. The maximum atomic E-state index is 12.8. The van der Waals surface area contributed by atoms with Gasteiger partial charge in [0.2, 0.25) is 18.6 Å². The number of carbonyl (C=O) groups is 2. The highest BCUT2D eigenvalue weighted by atomic mass is 16.7. The van der Waals surface area contributed by atoms with Gasteiger partial charge in [0.15, 0.2) is 11.5 Å². The molecule has 0 bridgehead atoms. The fourth-order valence-electron chi connectivity index (χ4n) is 4.00. The molecule has 4 rings (SSSR count). The van der Waals surface area contributed by atoms with Crippen molar-refractivity contribution < 1.29 is 19.1 Å². The molecule has 0 N–H and O–H groups in total. The van der Waals surface area contributed by atoms with Crippen LogP contribution >= 0.6 is 0 Å². The predicted molar refractivity (Wildman–Crippen MR) is 92.6 cm³/mol. The minimum atomic E-state index is -0.240. The summed E-state index contributed by atoms with van der Waals surface area (Å²) in [6.07, 6.45) is 3.63. The molecule has 1 aromatic carbocycles. The molecule has 134 valence electrons. The zero-order valence-electron chi connectivity index (χ0n) is 14.6. The van der Waals surface area contributed by atoms with Crippen LogP contribution in [-0.4, -0.2) is 43.1 Å². The van der Waals surface area contributed by atoms with Gasteiger partial charge in [0.05, 0.1) is 5.92 Å². The number of piperidine rings is 1. The standard InChI is InChI=1S/C19H24N2O4/c1-2-13-5-7-20(8-6-13)19(23)14-9-18(22)21(11-14)15-3-4-16-17(10-15)25-12-24-16/h3-4,10,13-14H,2,5-9,11-12H2,1H3/t14-/m1/s1. The van der Waals surface area contributed by atoms with E-state index in [1.54, 1.807) is 4.90 Å². The van der Waals surface area contributed by atoms with E-state index in [0.717, 1.165) is 37.5 Å². The third kappa shape index (κ3) is 3.05. The Morgan fingerprint density at radius 3 is 2.72 bits per heavy atom. The molecule has 0 spiro atoms. The second-order valence-electron chi connectivity index (χ2n) is 7.12. The number of hydrogen-bond acceptors (Lipinski definition) is 4. The SMILES string of the molecule is CCC1CCN(C(=O)[C@@H]2CC(=O)N(c3ccc4c(c3)OCO4)C2)CC1. The van der Waals surface area contributed by atoms with E-state index >= 15 is 0 Å². The Bertz CT molecular complexity index is 682. The van der Waals surface area contributed by atoms with Crippen molar-refractivity contribution in [2.24, 2.45) is 11.8 Å². The lowest BCUT2D eigenvalue weighted by Gasteiger charge is -2.33. The molecule has 6 heteroatoms. The first-order chi connectivity index (χ1) is 12.2. The maximum absolute atomic E-state index is 12.8. The fourth-order valence-corrected chi connectivity index (χ4v) is 4.00. The molecule has 2 saturated heterocycles. The molecule has 1 atom stereocenters. The van der Waals surface area contributed by atoms with Crippen LogP contribution in [0.25, 0.3) is 0 Å². The smallest absolute Gasteiger partial charge is 0.231 e. The molecule has 0 saturated carbocycles. The van der Waals surface area contributed by atoms with Gasteiger partial charge in [0, 0.05) is 37.8 Å². The van der Waals surface area contributed by atoms with Crippen LogP contribution in [0.3, 0.4) is 0 Å². The first-order valence-electron chi connectivity index (χ1n) is 9.14. The topological polar surface area (TPSA) is 59.1 Å². The molecule has 3 aliphatic heterocycles. The normalized spacial score (nSPS) is 23.4. The van der Waals surface area contributed by atoms with Crippen LogP contribution < -0.4 is 14.4 Å². The third-order valence-electron chi connectivity index (χ3n) is 5.65. The molecule has 0 aromatic heterocycles.